The highest BCUT2D eigenvalue weighted by Gasteiger charge is 2.30. The normalized spacial score (nSPS) is 21.1. The Kier molecular flexibility index (Phi) is 3.23. The average molecular weight is 308 g/mol. The van der Waals surface area contributed by atoms with Gasteiger partial charge < -0.3 is 0 Å². The van der Waals surface area contributed by atoms with Crippen LogP contribution in [0.3, 0.4) is 0 Å². The molecule has 3 nitrogen and oxygen atoms in total. The summed E-state index contributed by atoms with van der Waals surface area (Å²) >= 11 is 13.6. The summed E-state index contributed by atoms with van der Waals surface area (Å²) in [6.45, 7) is 0.566. The van der Waals surface area contributed by atoms with Gasteiger partial charge in [0.05, 0.1) is 5.02 Å². The Hall–Kier alpha value is -0.260. The topological polar surface area (TPSA) is 33.2 Å². The van der Waals surface area contributed by atoms with E-state index < -0.39 is 0 Å². The molecule has 0 aromatic carbocycles. The van der Waals surface area contributed by atoms with E-state index in [1.807, 2.05) is 0 Å². The van der Waals surface area contributed by atoms with Crippen molar-refractivity contribution in [2.75, 3.05) is 11.4 Å². The number of aromatic nitrogens is 1. The lowest BCUT2D eigenvalue weighted by molar-refractivity contribution is -0.117. The van der Waals surface area contributed by atoms with Gasteiger partial charge >= 0.3 is 0 Å². The van der Waals surface area contributed by atoms with Crippen molar-refractivity contribution in [1.82, 2.24) is 4.98 Å². The second-order valence-corrected chi connectivity index (χ2v) is 5.37. The first kappa shape index (κ1) is 11.2. The standard InChI is InChI=1S/C9H8BrClN2OS/c10-5-1-7(11)9(12-3-5)13-4-6(15)2-8(13)14/h1,3,6,15H,2,4H2. The van der Waals surface area contributed by atoms with Gasteiger partial charge in [0.2, 0.25) is 5.91 Å². The minimum atomic E-state index is 0.0201. The van der Waals surface area contributed by atoms with Crippen molar-refractivity contribution < 1.29 is 4.79 Å². The number of carbonyl (C=O) groups is 1. The first-order valence-corrected chi connectivity index (χ1v) is 6.06. The molecule has 15 heavy (non-hydrogen) atoms. The Bertz CT molecular complexity index is 415. The van der Waals surface area contributed by atoms with Crippen LogP contribution in [0.5, 0.6) is 0 Å². The summed E-state index contributed by atoms with van der Waals surface area (Å²) in [6.07, 6.45) is 2.07. The molecule has 0 saturated carbocycles. The maximum atomic E-state index is 11.6. The third kappa shape index (κ3) is 2.29. The lowest BCUT2D eigenvalue weighted by Crippen LogP contribution is -2.25. The van der Waals surface area contributed by atoms with E-state index in [1.54, 1.807) is 17.2 Å². The summed E-state index contributed by atoms with van der Waals surface area (Å²) in [5.41, 5.74) is 0. The number of hydrogen-bond acceptors (Lipinski definition) is 3. The number of nitrogens with zero attached hydrogens (tertiary/aromatic N) is 2. The summed E-state index contributed by atoms with van der Waals surface area (Å²) in [7, 11) is 0. The van der Waals surface area contributed by atoms with Gasteiger partial charge in [0.1, 0.15) is 0 Å². The molecule has 6 heteroatoms. The van der Waals surface area contributed by atoms with E-state index in [0.717, 1.165) is 4.47 Å². The van der Waals surface area contributed by atoms with Crippen molar-refractivity contribution in [2.24, 2.45) is 0 Å². The SMILES string of the molecule is O=C1CC(S)CN1c1ncc(Br)cc1Cl. The monoisotopic (exact) mass is 306 g/mol. The quantitative estimate of drug-likeness (QED) is 0.809. The molecule has 1 saturated heterocycles. The van der Waals surface area contributed by atoms with E-state index in [0.29, 0.717) is 23.8 Å². The molecule has 80 valence electrons. The smallest absolute Gasteiger partial charge is 0.229 e. The second-order valence-electron chi connectivity index (χ2n) is 3.32. The van der Waals surface area contributed by atoms with Gasteiger partial charge in [0, 0.05) is 28.9 Å². The van der Waals surface area contributed by atoms with Crippen LogP contribution >= 0.6 is 40.2 Å². The number of hydrogen-bond donors (Lipinski definition) is 1. The molecule has 0 radical (unpaired) electrons. The van der Waals surface area contributed by atoms with Gasteiger partial charge in [0.15, 0.2) is 5.82 Å². The highest BCUT2D eigenvalue weighted by molar-refractivity contribution is 9.10. The highest BCUT2D eigenvalue weighted by atomic mass is 79.9. The van der Waals surface area contributed by atoms with Crippen LogP contribution in [-0.2, 0) is 4.79 Å². The fraction of sp³-hybridized carbons (Fsp3) is 0.333. The molecule has 1 aliphatic heterocycles. The predicted molar refractivity (Wildman–Crippen MR) is 66.7 cm³/mol. The van der Waals surface area contributed by atoms with Crippen LogP contribution in [0.25, 0.3) is 0 Å². The van der Waals surface area contributed by atoms with Crippen molar-refractivity contribution in [3.05, 3.63) is 21.8 Å². The number of pyridine rings is 1. The molecule has 2 heterocycles. The summed E-state index contributed by atoms with van der Waals surface area (Å²) in [4.78, 5) is 17.3. The Balaban J connectivity index is 2.34. The molecule has 0 N–H and O–H groups in total. The number of thiol groups is 1. The summed E-state index contributed by atoms with van der Waals surface area (Å²) < 4.78 is 0.797. The zero-order chi connectivity index (χ0) is 11.0. The Morgan fingerprint density at radius 3 is 2.93 bits per heavy atom. The minimum absolute atomic E-state index is 0.0201. The molecule has 1 amide bonds. The molecular formula is C9H8BrClN2OS. The molecule has 2 rings (SSSR count). The molecule has 1 unspecified atom stereocenters. The zero-order valence-corrected chi connectivity index (χ0v) is 10.9. The van der Waals surface area contributed by atoms with Gasteiger partial charge in [-0.15, -0.1) is 0 Å². The highest BCUT2D eigenvalue weighted by Crippen LogP contribution is 2.30. The van der Waals surface area contributed by atoms with Gasteiger partial charge in [-0.2, -0.15) is 12.6 Å². The molecular weight excluding hydrogens is 300 g/mol. The van der Waals surface area contributed by atoms with Gasteiger partial charge in [0.25, 0.3) is 0 Å². The summed E-state index contributed by atoms with van der Waals surface area (Å²) in [6, 6.07) is 1.73. The van der Waals surface area contributed by atoms with Crippen molar-refractivity contribution in [2.45, 2.75) is 11.7 Å². The third-order valence-corrected chi connectivity index (χ3v) is 3.21. The van der Waals surface area contributed by atoms with Crippen LogP contribution in [0.15, 0.2) is 16.7 Å². The van der Waals surface area contributed by atoms with E-state index in [2.05, 4.69) is 33.5 Å². The molecule has 0 bridgehead atoms. The Labute approximate surface area is 106 Å². The van der Waals surface area contributed by atoms with E-state index in [9.17, 15) is 4.79 Å². The fourth-order valence-corrected chi connectivity index (χ4v) is 2.55. The molecule has 1 aliphatic rings. The van der Waals surface area contributed by atoms with E-state index >= 15 is 0 Å². The number of halogens is 2. The first-order chi connectivity index (χ1) is 7.08. The van der Waals surface area contributed by atoms with Crippen molar-refractivity contribution in [3.63, 3.8) is 0 Å². The number of anilines is 1. The largest absolute Gasteiger partial charge is 0.294 e. The minimum Gasteiger partial charge on any atom is -0.294 e. The van der Waals surface area contributed by atoms with Crippen LogP contribution in [0.4, 0.5) is 5.82 Å². The number of amides is 1. The maximum Gasteiger partial charge on any atom is 0.229 e. The number of rotatable bonds is 1. The van der Waals surface area contributed by atoms with Gasteiger partial charge in [-0.25, -0.2) is 4.98 Å². The van der Waals surface area contributed by atoms with Crippen LogP contribution in [0.1, 0.15) is 6.42 Å². The van der Waals surface area contributed by atoms with Gasteiger partial charge in [-0.3, -0.25) is 9.69 Å². The fourth-order valence-electron chi connectivity index (χ4n) is 1.50. The van der Waals surface area contributed by atoms with E-state index in [4.69, 9.17) is 11.6 Å². The zero-order valence-electron chi connectivity index (χ0n) is 7.65. The lowest BCUT2D eigenvalue weighted by atomic mass is 10.4. The van der Waals surface area contributed by atoms with Gasteiger partial charge in [-0.1, -0.05) is 11.6 Å². The number of carbonyl (C=O) groups excluding carboxylic acids is 1. The first-order valence-electron chi connectivity index (χ1n) is 4.37. The van der Waals surface area contributed by atoms with Crippen molar-refractivity contribution >= 4 is 51.9 Å². The van der Waals surface area contributed by atoms with Crippen LogP contribution in [0.2, 0.25) is 5.02 Å². The third-order valence-electron chi connectivity index (χ3n) is 2.15. The van der Waals surface area contributed by atoms with E-state index in [-0.39, 0.29) is 11.2 Å². The lowest BCUT2D eigenvalue weighted by Gasteiger charge is -2.15. The second kappa shape index (κ2) is 4.31. The van der Waals surface area contributed by atoms with Crippen LogP contribution in [-0.4, -0.2) is 22.7 Å². The molecule has 1 atom stereocenters. The molecule has 0 aliphatic carbocycles. The molecule has 1 fully saturated rings. The Morgan fingerprint density at radius 1 is 1.67 bits per heavy atom. The summed E-state index contributed by atoms with van der Waals surface area (Å²) in [5, 5.41) is 0.541. The van der Waals surface area contributed by atoms with Crippen molar-refractivity contribution in [1.29, 1.82) is 0 Å². The molecule has 1 aromatic rings. The maximum absolute atomic E-state index is 11.6. The average Bonchev–Trinajstić information content (AvgIpc) is 2.45. The predicted octanol–water partition coefficient (Wildman–Crippen LogP) is 2.53. The van der Waals surface area contributed by atoms with Crippen LogP contribution in [0, 0.1) is 0 Å². The van der Waals surface area contributed by atoms with Crippen LogP contribution < -0.4 is 4.90 Å². The van der Waals surface area contributed by atoms with Crippen molar-refractivity contribution in [3.8, 4) is 0 Å². The molecule has 1 aromatic heterocycles. The van der Waals surface area contributed by atoms with E-state index in [1.165, 1.54) is 0 Å². The van der Waals surface area contributed by atoms with Gasteiger partial charge in [-0.05, 0) is 22.0 Å². The Morgan fingerprint density at radius 2 is 2.40 bits per heavy atom. The molecule has 0 spiro atoms. The summed E-state index contributed by atoms with van der Waals surface area (Å²) in [5.74, 6) is 0.535.